The first kappa shape index (κ1) is 11.9. The standard InChI is InChI=1S/C17H11IN2/c18-13-9-7-12(8-10-13)17-19-14-5-1-3-11-4-2-6-15(20-17)16(11)14/h1-10H,(H,19,20). The summed E-state index contributed by atoms with van der Waals surface area (Å²) in [6, 6.07) is 20.9. The molecule has 3 aromatic rings. The summed E-state index contributed by atoms with van der Waals surface area (Å²) in [5, 5.41) is 5.86. The average molecular weight is 370 g/mol. The van der Waals surface area contributed by atoms with Crippen molar-refractivity contribution in [3.8, 4) is 0 Å². The van der Waals surface area contributed by atoms with E-state index < -0.39 is 0 Å². The molecule has 0 aliphatic carbocycles. The third-order valence-electron chi connectivity index (χ3n) is 3.49. The quantitative estimate of drug-likeness (QED) is 0.603. The van der Waals surface area contributed by atoms with Gasteiger partial charge in [-0.15, -0.1) is 0 Å². The van der Waals surface area contributed by atoms with Crippen LogP contribution in [0.2, 0.25) is 0 Å². The van der Waals surface area contributed by atoms with Crippen LogP contribution >= 0.6 is 22.6 Å². The van der Waals surface area contributed by atoms with Gasteiger partial charge in [-0.25, -0.2) is 4.99 Å². The zero-order chi connectivity index (χ0) is 13.5. The van der Waals surface area contributed by atoms with E-state index in [-0.39, 0.29) is 0 Å². The van der Waals surface area contributed by atoms with E-state index in [1.165, 1.54) is 14.3 Å². The fourth-order valence-electron chi connectivity index (χ4n) is 2.54. The summed E-state index contributed by atoms with van der Waals surface area (Å²) in [5.41, 5.74) is 3.27. The average Bonchev–Trinajstić information content (AvgIpc) is 2.48. The van der Waals surface area contributed by atoms with Crippen LogP contribution in [0.25, 0.3) is 10.8 Å². The molecule has 0 saturated heterocycles. The monoisotopic (exact) mass is 370 g/mol. The number of nitrogens with zero attached hydrogens (tertiary/aromatic N) is 1. The first-order chi connectivity index (χ1) is 9.81. The number of amidine groups is 1. The SMILES string of the molecule is Ic1ccc(C2=Nc3cccc4cccc(c34)N2)cc1. The largest absolute Gasteiger partial charge is 0.339 e. The molecule has 1 heterocycles. The van der Waals surface area contributed by atoms with Gasteiger partial charge < -0.3 is 5.32 Å². The number of hydrogen-bond acceptors (Lipinski definition) is 2. The highest BCUT2D eigenvalue weighted by Crippen LogP contribution is 2.36. The van der Waals surface area contributed by atoms with E-state index in [4.69, 9.17) is 4.99 Å². The molecule has 0 unspecified atom stereocenters. The van der Waals surface area contributed by atoms with Crippen LogP contribution in [0.4, 0.5) is 11.4 Å². The molecular weight excluding hydrogens is 359 g/mol. The van der Waals surface area contributed by atoms with Crippen molar-refractivity contribution < 1.29 is 0 Å². The van der Waals surface area contributed by atoms with E-state index in [1.807, 2.05) is 0 Å². The van der Waals surface area contributed by atoms with Crippen molar-refractivity contribution in [1.82, 2.24) is 0 Å². The van der Waals surface area contributed by atoms with Crippen LogP contribution in [0.5, 0.6) is 0 Å². The number of aliphatic imine (C=N–C) groups is 1. The minimum absolute atomic E-state index is 0.910. The van der Waals surface area contributed by atoms with E-state index in [0.29, 0.717) is 0 Å². The Labute approximate surface area is 130 Å². The lowest BCUT2D eigenvalue weighted by Crippen LogP contribution is -2.16. The molecule has 4 rings (SSSR count). The number of rotatable bonds is 1. The lowest BCUT2D eigenvalue weighted by Gasteiger charge is -2.19. The molecule has 96 valence electrons. The van der Waals surface area contributed by atoms with Gasteiger partial charge in [-0.1, -0.05) is 36.4 Å². The number of nitrogens with one attached hydrogen (secondary N) is 1. The Morgan fingerprint density at radius 3 is 2.40 bits per heavy atom. The van der Waals surface area contributed by atoms with Gasteiger partial charge in [0.05, 0.1) is 5.69 Å². The minimum Gasteiger partial charge on any atom is -0.339 e. The topological polar surface area (TPSA) is 24.4 Å². The second kappa shape index (κ2) is 4.59. The summed E-state index contributed by atoms with van der Waals surface area (Å²) in [7, 11) is 0. The van der Waals surface area contributed by atoms with Crippen molar-refractivity contribution in [2.24, 2.45) is 4.99 Å². The highest BCUT2D eigenvalue weighted by Gasteiger charge is 2.14. The minimum atomic E-state index is 0.910. The maximum atomic E-state index is 4.77. The molecule has 2 nitrogen and oxygen atoms in total. The fourth-order valence-corrected chi connectivity index (χ4v) is 2.90. The Morgan fingerprint density at radius 1 is 0.850 bits per heavy atom. The lowest BCUT2D eigenvalue weighted by molar-refractivity contribution is 1.46. The third kappa shape index (κ3) is 1.89. The van der Waals surface area contributed by atoms with Crippen molar-refractivity contribution in [3.63, 3.8) is 0 Å². The maximum Gasteiger partial charge on any atom is 0.138 e. The summed E-state index contributed by atoms with van der Waals surface area (Å²) < 4.78 is 1.23. The van der Waals surface area contributed by atoms with Crippen LogP contribution in [0.3, 0.4) is 0 Å². The number of benzene rings is 3. The molecule has 1 aliphatic heterocycles. The Kier molecular flexibility index (Phi) is 2.73. The van der Waals surface area contributed by atoms with Gasteiger partial charge in [0, 0.05) is 20.2 Å². The second-order valence-corrected chi connectivity index (χ2v) is 6.02. The van der Waals surface area contributed by atoms with Crippen LogP contribution in [-0.2, 0) is 0 Å². The molecule has 3 aromatic carbocycles. The smallest absolute Gasteiger partial charge is 0.138 e. The Bertz CT molecular complexity index is 830. The summed E-state index contributed by atoms with van der Waals surface area (Å²) in [6.45, 7) is 0. The van der Waals surface area contributed by atoms with Crippen LogP contribution < -0.4 is 5.32 Å². The molecule has 0 radical (unpaired) electrons. The summed E-state index contributed by atoms with van der Waals surface area (Å²) in [6.07, 6.45) is 0. The highest BCUT2D eigenvalue weighted by molar-refractivity contribution is 14.1. The predicted octanol–water partition coefficient (Wildman–Crippen LogP) is 4.95. The molecule has 0 atom stereocenters. The molecule has 0 spiro atoms. The zero-order valence-electron chi connectivity index (χ0n) is 10.6. The van der Waals surface area contributed by atoms with Gasteiger partial charge in [-0.3, -0.25) is 0 Å². The van der Waals surface area contributed by atoms with Crippen molar-refractivity contribution in [3.05, 3.63) is 69.8 Å². The first-order valence-corrected chi connectivity index (χ1v) is 7.52. The molecule has 1 aliphatic rings. The van der Waals surface area contributed by atoms with Crippen molar-refractivity contribution >= 4 is 50.6 Å². The van der Waals surface area contributed by atoms with Crippen LogP contribution in [0.15, 0.2) is 65.7 Å². The molecule has 0 saturated carbocycles. The predicted molar refractivity (Wildman–Crippen MR) is 92.9 cm³/mol. The lowest BCUT2D eigenvalue weighted by atomic mass is 10.0. The van der Waals surface area contributed by atoms with Crippen molar-refractivity contribution in [2.45, 2.75) is 0 Å². The Hall–Kier alpha value is -1.88. The molecule has 0 fully saturated rings. The second-order valence-electron chi connectivity index (χ2n) is 4.77. The molecule has 1 N–H and O–H groups in total. The summed E-state index contributed by atoms with van der Waals surface area (Å²) in [5.74, 6) is 0.910. The van der Waals surface area contributed by atoms with Gasteiger partial charge in [-0.2, -0.15) is 0 Å². The zero-order valence-corrected chi connectivity index (χ0v) is 12.8. The maximum absolute atomic E-state index is 4.77. The number of halogens is 1. The Morgan fingerprint density at radius 2 is 1.60 bits per heavy atom. The number of hydrogen-bond donors (Lipinski definition) is 1. The van der Waals surface area contributed by atoms with Gasteiger partial charge >= 0.3 is 0 Å². The van der Waals surface area contributed by atoms with Crippen molar-refractivity contribution in [1.29, 1.82) is 0 Å². The van der Waals surface area contributed by atoms with E-state index in [1.54, 1.807) is 0 Å². The molecule has 0 amide bonds. The number of anilines is 1. The van der Waals surface area contributed by atoms with E-state index in [9.17, 15) is 0 Å². The van der Waals surface area contributed by atoms with E-state index in [2.05, 4.69) is 88.6 Å². The van der Waals surface area contributed by atoms with Crippen LogP contribution in [-0.4, -0.2) is 5.84 Å². The molecular formula is C17H11IN2. The summed E-state index contributed by atoms with van der Waals surface area (Å²) >= 11 is 2.31. The Balaban J connectivity index is 1.92. The van der Waals surface area contributed by atoms with Gasteiger partial charge in [0.2, 0.25) is 0 Å². The normalized spacial score (nSPS) is 12.9. The van der Waals surface area contributed by atoms with Gasteiger partial charge in [-0.05, 0) is 52.2 Å². The molecule has 3 heteroatoms. The van der Waals surface area contributed by atoms with E-state index >= 15 is 0 Å². The van der Waals surface area contributed by atoms with E-state index in [0.717, 1.165) is 22.8 Å². The van der Waals surface area contributed by atoms with Gasteiger partial charge in [0.15, 0.2) is 0 Å². The summed E-state index contributed by atoms with van der Waals surface area (Å²) in [4.78, 5) is 4.77. The first-order valence-electron chi connectivity index (χ1n) is 6.45. The molecule has 0 bridgehead atoms. The fraction of sp³-hybridized carbons (Fsp3) is 0. The van der Waals surface area contributed by atoms with Crippen LogP contribution in [0, 0.1) is 3.57 Å². The molecule has 20 heavy (non-hydrogen) atoms. The van der Waals surface area contributed by atoms with Gasteiger partial charge in [0.1, 0.15) is 5.84 Å². The van der Waals surface area contributed by atoms with Gasteiger partial charge in [0.25, 0.3) is 0 Å². The third-order valence-corrected chi connectivity index (χ3v) is 4.20. The van der Waals surface area contributed by atoms with Crippen molar-refractivity contribution in [2.75, 3.05) is 5.32 Å². The highest BCUT2D eigenvalue weighted by atomic mass is 127. The van der Waals surface area contributed by atoms with Crippen LogP contribution in [0.1, 0.15) is 5.56 Å². The molecule has 0 aromatic heterocycles.